The highest BCUT2D eigenvalue weighted by Gasteiger charge is 2.48. The number of rotatable bonds is 5. The largest absolute Gasteiger partial charge is 0.326 e. The molecule has 2 aromatic carbocycles. The average Bonchev–Trinajstić information content (AvgIpc) is 3.38. The molecule has 25 heavy (non-hydrogen) atoms. The first-order valence-electron chi connectivity index (χ1n) is 8.24. The number of aryl methyl sites for hydroxylation is 1. The highest BCUT2D eigenvalue weighted by atomic mass is 16.2. The van der Waals surface area contributed by atoms with Crippen molar-refractivity contribution in [1.29, 1.82) is 0 Å². The standard InChI is InChI=1S/C20H20N2O3/c1-12-5-3-4-6-18(12)22-20(25)17-11-16(17)19(24)21-15-9-7-14(8-10-15)13(2)23/h3-10,16-17H,11H2,1-2H3,(H,21,24)(H,22,25). The predicted octanol–water partition coefficient (Wildman–Crippen LogP) is 3.41. The Hall–Kier alpha value is -2.95. The molecule has 5 heteroatoms. The third kappa shape index (κ3) is 3.94. The summed E-state index contributed by atoms with van der Waals surface area (Å²) in [7, 11) is 0. The molecule has 2 N–H and O–H groups in total. The molecule has 0 aromatic heterocycles. The van der Waals surface area contributed by atoms with Crippen LogP contribution in [0.1, 0.15) is 29.3 Å². The van der Waals surface area contributed by atoms with Crippen LogP contribution < -0.4 is 10.6 Å². The predicted molar refractivity (Wildman–Crippen MR) is 96.5 cm³/mol. The Bertz CT molecular complexity index is 827. The fraction of sp³-hybridized carbons (Fsp3) is 0.250. The second-order valence-electron chi connectivity index (χ2n) is 6.38. The molecule has 5 nitrogen and oxygen atoms in total. The number of Topliss-reactive ketones (excluding diaryl/α,β-unsaturated/α-hetero) is 1. The van der Waals surface area contributed by atoms with Gasteiger partial charge in [0.15, 0.2) is 5.78 Å². The van der Waals surface area contributed by atoms with Crippen LogP contribution in [0.5, 0.6) is 0 Å². The van der Waals surface area contributed by atoms with Crippen LogP contribution in [0.2, 0.25) is 0 Å². The third-order valence-electron chi connectivity index (χ3n) is 4.43. The number of ketones is 1. The van der Waals surface area contributed by atoms with Crippen molar-refractivity contribution in [2.24, 2.45) is 11.8 Å². The minimum absolute atomic E-state index is 0.0204. The fourth-order valence-corrected chi connectivity index (χ4v) is 2.74. The molecule has 3 rings (SSSR count). The summed E-state index contributed by atoms with van der Waals surface area (Å²) in [5.41, 5.74) is 2.99. The number of nitrogens with one attached hydrogen (secondary N) is 2. The van der Waals surface area contributed by atoms with Crippen LogP contribution in [0, 0.1) is 18.8 Å². The first-order valence-corrected chi connectivity index (χ1v) is 8.24. The molecule has 2 amide bonds. The van der Waals surface area contributed by atoms with Crippen LogP contribution in [0.3, 0.4) is 0 Å². The lowest BCUT2D eigenvalue weighted by Crippen LogP contribution is -2.20. The molecule has 1 fully saturated rings. The lowest BCUT2D eigenvalue weighted by atomic mass is 10.1. The Labute approximate surface area is 146 Å². The maximum Gasteiger partial charge on any atom is 0.228 e. The van der Waals surface area contributed by atoms with Crippen LogP contribution in [-0.4, -0.2) is 17.6 Å². The van der Waals surface area contributed by atoms with E-state index in [4.69, 9.17) is 0 Å². The van der Waals surface area contributed by atoms with Gasteiger partial charge in [-0.1, -0.05) is 18.2 Å². The molecule has 2 atom stereocenters. The molecule has 2 aromatic rings. The molecule has 0 bridgehead atoms. The maximum absolute atomic E-state index is 12.3. The number of benzene rings is 2. The molecule has 1 aliphatic carbocycles. The number of carbonyl (C=O) groups is 3. The molecular weight excluding hydrogens is 316 g/mol. The van der Waals surface area contributed by atoms with E-state index in [0.717, 1.165) is 11.3 Å². The van der Waals surface area contributed by atoms with E-state index in [1.54, 1.807) is 24.3 Å². The Morgan fingerprint density at radius 3 is 2.08 bits per heavy atom. The SMILES string of the molecule is CC(=O)c1ccc(NC(=O)C2CC2C(=O)Nc2ccccc2C)cc1. The Morgan fingerprint density at radius 2 is 1.48 bits per heavy atom. The molecule has 0 radical (unpaired) electrons. The van der Waals surface area contributed by atoms with E-state index in [-0.39, 0.29) is 29.4 Å². The maximum atomic E-state index is 12.3. The zero-order valence-corrected chi connectivity index (χ0v) is 14.2. The summed E-state index contributed by atoms with van der Waals surface area (Å²) < 4.78 is 0. The van der Waals surface area contributed by atoms with Gasteiger partial charge in [0.2, 0.25) is 11.8 Å². The number of amides is 2. The summed E-state index contributed by atoms with van der Waals surface area (Å²) in [6, 6.07) is 14.3. The van der Waals surface area contributed by atoms with Crippen LogP contribution >= 0.6 is 0 Å². The first-order chi connectivity index (χ1) is 12.0. The normalized spacial score (nSPS) is 18.3. The minimum Gasteiger partial charge on any atom is -0.326 e. The third-order valence-corrected chi connectivity index (χ3v) is 4.43. The first kappa shape index (κ1) is 16.9. The van der Waals surface area contributed by atoms with E-state index in [1.807, 2.05) is 31.2 Å². The molecule has 0 spiro atoms. The van der Waals surface area contributed by atoms with E-state index in [1.165, 1.54) is 6.92 Å². The van der Waals surface area contributed by atoms with Gasteiger partial charge in [-0.05, 0) is 56.2 Å². The van der Waals surface area contributed by atoms with Gasteiger partial charge in [0, 0.05) is 16.9 Å². The quantitative estimate of drug-likeness (QED) is 0.822. The summed E-state index contributed by atoms with van der Waals surface area (Å²) in [6.45, 7) is 3.42. The lowest BCUT2D eigenvalue weighted by Gasteiger charge is -2.08. The van der Waals surface area contributed by atoms with Crippen molar-refractivity contribution in [1.82, 2.24) is 0 Å². The van der Waals surface area contributed by atoms with Crippen molar-refractivity contribution < 1.29 is 14.4 Å². The summed E-state index contributed by atoms with van der Waals surface area (Å²) in [5, 5.41) is 5.68. The Kier molecular flexibility index (Phi) is 4.65. The second-order valence-corrected chi connectivity index (χ2v) is 6.38. The summed E-state index contributed by atoms with van der Waals surface area (Å²) in [4.78, 5) is 35.8. The van der Waals surface area contributed by atoms with Crippen molar-refractivity contribution in [3.05, 3.63) is 59.7 Å². The van der Waals surface area contributed by atoms with Crippen molar-refractivity contribution >= 4 is 29.0 Å². The number of anilines is 2. The zero-order valence-electron chi connectivity index (χ0n) is 14.2. The van der Waals surface area contributed by atoms with Crippen LogP contribution in [0.4, 0.5) is 11.4 Å². The highest BCUT2D eigenvalue weighted by molar-refractivity contribution is 6.03. The lowest BCUT2D eigenvalue weighted by molar-refractivity contribution is -0.122. The van der Waals surface area contributed by atoms with Crippen LogP contribution in [0.25, 0.3) is 0 Å². The van der Waals surface area contributed by atoms with Crippen molar-refractivity contribution in [3.8, 4) is 0 Å². The van der Waals surface area contributed by atoms with Gasteiger partial charge in [0.05, 0.1) is 11.8 Å². The Balaban J connectivity index is 1.55. The molecule has 0 aliphatic heterocycles. The molecular formula is C20H20N2O3. The summed E-state index contributed by atoms with van der Waals surface area (Å²) >= 11 is 0. The van der Waals surface area contributed by atoms with Gasteiger partial charge in [0.1, 0.15) is 0 Å². The number of hydrogen-bond donors (Lipinski definition) is 2. The monoisotopic (exact) mass is 336 g/mol. The molecule has 128 valence electrons. The molecule has 0 heterocycles. The van der Waals surface area contributed by atoms with E-state index < -0.39 is 0 Å². The molecule has 0 saturated heterocycles. The van der Waals surface area contributed by atoms with Gasteiger partial charge in [-0.3, -0.25) is 14.4 Å². The summed E-state index contributed by atoms with van der Waals surface area (Å²) in [5.74, 6) is -0.914. The summed E-state index contributed by atoms with van der Waals surface area (Å²) in [6.07, 6.45) is 0.551. The van der Waals surface area contributed by atoms with Gasteiger partial charge in [-0.25, -0.2) is 0 Å². The van der Waals surface area contributed by atoms with Gasteiger partial charge in [-0.15, -0.1) is 0 Å². The van der Waals surface area contributed by atoms with Gasteiger partial charge in [0.25, 0.3) is 0 Å². The van der Waals surface area contributed by atoms with E-state index >= 15 is 0 Å². The topological polar surface area (TPSA) is 75.3 Å². The average molecular weight is 336 g/mol. The van der Waals surface area contributed by atoms with Crippen molar-refractivity contribution in [2.45, 2.75) is 20.3 Å². The zero-order chi connectivity index (χ0) is 18.0. The van der Waals surface area contributed by atoms with Gasteiger partial charge >= 0.3 is 0 Å². The molecule has 2 unspecified atom stereocenters. The number of carbonyl (C=O) groups excluding carboxylic acids is 3. The minimum atomic E-state index is -0.309. The van der Waals surface area contributed by atoms with Crippen LogP contribution in [0.15, 0.2) is 48.5 Å². The Morgan fingerprint density at radius 1 is 0.880 bits per heavy atom. The van der Waals surface area contributed by atoms with Crippen molar-refractivity contribution in [2.75, 3.05) is 10.6 Å². The van der Waals surface area contributed by atoms with E-state index in [9.17, 15) is 14.4 Å². The van der Waals surface area contributed by atoms with E-state index in [0.29, 0.717) is 17.7 Å². The smallest absolute Gasteiger partial charge is 0.228 e. The van der Waals surface area contributed by atoms with Gasteiger partial charge < -0.3 is 10.6 Å². The highest BCUT2D eigenvalue weighted by Crippen LogP contribution is 2.40. The van der Waals surface area contributed by atoms with Crippen molar-refractivity contribution in [3.63, 3.8) is 0 Å². The molecule has 1 aliphatic rings. The van der Waals surface area contributed by atoms with E-state index in [2.05, 4.69) is 10.6 Å². The van der Waals surface area contributed by atoms with Gasteiger partial charge in [-0.2, -0.15) is 0 Å². The molecule has 1 saturated carbocycles. The fourth-order valence-electron chi connectivity index (χ4n) is 2.74. The number of hydrogen-bond acceptors (Lipinski definition) is 3. The number of para-hydroxylation sites is 1. The van der Waals surface area contributed by atoms with Crippen LogP contribution in [-0.2, 0) is 9.59 Å². The second kappa shape index (κ2) is 6.89.